The molecule has 1 atom stereocenters. The number of halogens is 2. The van der Waals surface area contributed by atoms with E-state index in [1.165, 1.54) is 6.92 Å². The van der Waals surface area contributed by atoms with Crippen LogP contribution < -0.4 is 0 Å². The van der Waals surface area contributed by atoms with Gasteiger partial charge in [0, 0.05) is 44.2 Å². The second-order valence-electron chi connectivity index (χ2n) is 1.83. The molecule has 0 aromatic heterocycles. The molecule has 0 saturated carbocycles. The van der Waals surface area contributed by atoms with Gasteiger partial charge in [-0.05, 0) is 13.3 Å². The van der Waals surface area contributed by atoms with E-state index in [0.29, 0.717) is 0 Å². The fourth-order valence-corrected chi connectivity index (χ4v) is 0.367. The molecule has 0 aliphatic rings. The molecular weight excluding hydrogens is 382 g/mol. The van der Waals surface area contributed by atoms with Crippen molar-refractivity contribution >= 4 is 43.2 Å². The minimum Gasteiger partial charge on any atom is -0.463 e. The monoisotopic (exact) mass is 402 g/mol. The summed E-state index contributed by atoms with van der Waals surface area (Å²) < 4.78 is 4.76. The lowest BCUT2D eigenvalue weighted by molar-refractivity contribution is -0.145. The number of esters is 1. The third-order valence-corrected chi connectivity index (χ3v) is 0.942. The Kier molecular flexibility index (Phi) is 34.4. The highest BCUT2D eigenvalue weighted by Gasteiger charge is 1.99. The first-order valence-corrected chi connectivity index (χ1v) is 9.27. The number of hydrogen-bond donors (Lipinski definition) is 0. The van der Waals surface area contributed by atoms with Crippen LogP contribution in [0.3, 0.4) is 0 Å². The minimum absolute atomic E-state index is 0. The summed E-state index contributed by atoms with van der Waals surface area (Å²) in [4.78, 5) is 10.2. The number of hydrogen-bond acceptors (Lipinski definition) is 2. The Morgan fingerprint density at radius 2 is 1.75 bits per heavy atom. The molecule has 0 fully saturated rings. The van der Waals surface area contributed by atoms with Crippen molar-refractivity contribution in [1.82, 2.24) is 0 Å². The molecule has 4 heteroatoms. The highest BCUT2D eigenvalue weighted by Crippen LogP contribution is 1.94. The maximum absolute atomic E-state index is 10.2. The molecule has 0 amide bonds. The summed E-state index contributed by atoms with van der Waals surface area (Å²) in [6, 6.07) is 0. The third kappa shape index (κ3) is 22.4. The Hall–Kier alpha value is 0.930. The van der Waals surface area contributed by atoms with E-state index in [-0.39, 0.29) is 26.9 Å². The Labute approximate surface area is 100 Å². The van der Waals surface area contributed by atoms with Crippen molar-refractivity contribution in [2.75, 3.05) is 0 Å². The molecule has 0 aromatic carbocycles. The zero-order valence-electron chi connectivity index (χ0n) is 6.36. The Morgan fingerprint density at radius 1 is 1.42 bits per heavy atom. The van der Waals surface area contributed by atoms with Gasteiger partial charge in [0.1, 0.15) is 0 Å². The van der Waals surface area contributed by atoms with Crippen LogP contribution in [0.15, 0.2) is 0 Å². The lowest BCUT2D eigenvalue weighted by atomic mass is 10.3. The average molecular weight is 402 g/mol. The second-order valence-corrected chi connectivity index (χ2v) is 1.83. The normalized spacial score (nSPS) is 9.08. The van der Waals surface area contributed by atoms with Gasteiger partial charge in [-0.2, -0.15) is 0 Å². The van der Waals surface area contributed by atoms with Gasteiger partial charge >= 0.3 is 5.97 Å². The van der Waals surface area contributed by atoms with Crippen LogP contribution >= 0.6 is 37.2 Å². The van der Waals surface area contributed by atoms with E-state index in [1.807, 2.05) is 13.8 Å². The number of ether oxygens (including phenoxy) is 1. The van der Waals surface area contributed by atoms with Gasteiger partial charge in [0.2, 0.25) is 0 Å². The van der Waals surface area contributed by atoms with Crippen molar-refractivity contribution in [3.05, 3.63) is 0 Å². The van der Waals surface area contributed by atoms with Crippen LogP contribution in [0.4, 0.5) is 0 Å². The Balaban J connectivity index is -0.0000000740. The maximum atomic E-state index is 10.2. The van der Waals surface area contributed by atoms with Gasteiger partial charge < -0.3 is 4.74 Å². The SMILES string of the molecule is C.C.CCC(C)OC(C)=O.II. The van der Waals surface area contributed by atoms with E-state index in [4.69, 9.17) is 4.74 Å². The van der Waals surface area contributed by atoms with Gasteiger partial charge in [-0.15, -0.1) is 0 Å². The summed E-state index contributed by atoms with van der Waals surface area (Å²) in [5.41, 5.74) is 0. The molecule has 0 saturated heterocycles. The third-order valence-electron chi connectivity index (χ3n) is 0.942. The molecule has 0 radical (unpaired) electrons. The molecule has 0 bridgehead atoms. The topological polar surface area (TPSA) is 26.3 Å². The molecular formula is C8H20I2O2. The van der Waals surface area contributed by atoms with E-state index in [9.17, 15) is 4.79 Å². The zero-order chi connectivity index (χ0) is 8.57. The van der Waals surface area contributed by atoms with E-state index in [0.717, 1.165) is 6.42 Å². The predicted molar refractivity (Wildman–Crippen MR) is 73.0 cm³/mol. The summed E-state index contributed by atoms with van der Waals surface area (Å²) in [6.07, 6.45) is 0.965. The van der Waals surface area contributed by atoms with Crippen LogP contribution in [0.5, 0.6) is 0 Å². The first kappa shape index (κ1) is 23.1. The minimum atomic E-state index is -0.195. The highest BCUT2D eigenvalue weighted by atomic mass is 128. The van der Waals surface area contributed by atoms with Gasteiger partial charge in [0.15, 0.2) is 0 Å². The maximum Gasteiger partial charge on any atom is 0.302 e. The zero-order valence-corrected chi connectivity index (χ0v) is 10.7. The van der Waals surface area contributed by atoms with Crippen LogP contribution in [-0.4, -0.2) is 12.1 Å². The van der Waals surface area contributed by atoms with Crippen LogP contribution in [0.1, 0.15) is 42.0 Å². The van der Waals surface area contributed by atoms with Crippen molar-refractivity contribution in [1.29, 1.82) is 0 Å². The van der Waals surface area contributed by atoms with Crippen molar-refractivity contribution in [2.24, 2.45) is 0 Å². The molecule has 0 N–H and O–H groups in total. The quantitative estimate of drug-likeness (QED) is 0.506. The first-order valence-electron chi connectivity index (χ1n) is 2.98. The number of carbonyl (C=O) groups is 1. The summed E-state index contributed by atoms with van der Waals surface area (Å²) in [5.74, 6) is -0.195. The van der Waals surface area contributed by atoms with Crippen LogP contribution in [0, 0.1) is 0 Å². The molecule has 0 spiro atoms. The van der Waals surface area contributed by atoms with E-state index >= 15 is 0 Å². The van der Waals surface area contributed by atoms with Crippen LogP contribution in [-0.2, 0) is 9.53 Å². The van der Waals surface area contributed by atoms with Crippen molar-refractivity contribution in [3.63, 3.8) is 0 Å². The number of carbonyl (C=O) groups excluding carboxylic acids is 1. The molecule has 2 nitrogen and oxygen atoms in total. The molecule has 0 rings (SSSR count). The smallest absolute Gasteiger partial charge is 0.302 e. The van der Waals surface area contributed by atoms with E-state index < -0.39 is 0 Å². The fourth-order valence-electron chi connectivity index (χ4n) is 0.367. The summed E-state index contributed by atoms with van der Waals surface area (Å²) in [5, 5.41) is 0. The van der Waals surface area contributed by atoms with Crippen molar-refractivity contribution in [2.45, 2.75) is 48.1 Å². The van der Waals surface area contributed by atoms with Gasteiger partial charge in [-0.3, -0.25) is 4.79 Å². The Bertz CT molecular complexity index is 87.1. The summed E-state index contributed by atoms with van der Waals surface area (Å²) in [7, 11) is 0. The molecule has 0 aromatic rings. The van der Waals surface area contributed by atoms with E-state index in [1.54, 1.807) is 0 Å². The largest absolute Gasteiger partial charge is 0.463 e. The molecule has 0 heterocycles. The van der Waals surface area contributed by atoms with Gasteiger partial charge in [-0.1, -0.05) is 21.8 Å². The average Bonchev–Trinajstić information content (AvgIpc) is 1.91. The predicted octanol–water partition coefficient (Wildman–Crippen LogP) is 4.39. The second kappa shape index (κ2) is 17.9. The number of rotatable bonds is 2. The van der Waals surface area contributed by atoms with Gasteiger partial charge in [0.05, 0.1) is 6.10 Å². The highest BCUT2D eigenvalue weighted by molar-refractivity contribution is 15.0. The lowest BCUT2D eigenvalue weighted by Gasteiger charge is -2.06. The lowest BCUT2D eigenvalue weighted by Crippen LogP contribution is -2.09. The standard InChI is InChI=1S/C6H12O2.2CH4.I2/c1-4-5(2)8-6(3)7;;;1-2/h5H,4H2,1-3H3;2*1H4;. The molecule has 0 aliphatic carbocycles. The summed E-state index contributed by atoms with van der Waals surface area (Å²) in [6.45, 7) is 5.28. The van der Waals surface area contributed by atoms with Gasteiger partial charge in [0.25, 0.3) is 0 Å². The van der Waals surface area contributed by atoms with Gasteiger partial charge in [-0.25, -0.2) is 0 Å². The molecule has 12 heavy (non-hydrogen) atoms. The summed E-state index contributed by atoms with van der Waals surface area (Å²) >= 11 is 4.24. The molecule has 78 valence electrons. The van der Waals surface area contributed by atoms with E-state index in [2.05, 4.69) is 37.2 Å². The molecule has 0 aliphatic heterocycles. The molecule has 1 unspecified atom stereocenters. The van der Waals surface area contributed by atoms with Crippen molar-refractivity contribution in [3.8, 4) is 0 Å². The van der Waals surface area contributed by atoms with Crippen LogP contribution in [0.25, 0.3) is 0 Å². The Morgan fingerprint density at radius 3 is 1.83 bits per heavy atom. The van der Waals surface area contributed by atoms with Crippen molar-refractivity contribution < 1.29 is 9.53 Å². The first-order chi connectivity index (χ1) is 4.66. The fraction of sp³-hybridized carbons (Fsp3) is 0.875. The van der Waals surface area contributed by atoms with Crippen LogP contribution in [0.2, 0.25) is 0 Å².